The number of piperidine rings is 1. The molecule has 256 valence electrons. The highest BCUT2D eigenvalue weighted by Gasteiger charge is 2.58. The second-order valence-electron chi connectivity index (χ2n) is 13.2. The van der Waals surface area contributed by atoms with E-state index in [2.05, 4.69) is 26.1 Å². The molecule has 4 aromatic rings. The Morgan fingerprint density at radius 2 is 1.49 bits per heavy atom. The number of para-hydroxylation sites is 2. The van der Waals surface area contributed by atoms with Gasteiger partial charge in [0, 0.05) is 36.6 Å². The highest BCUT2D eigenvalue weighted by Crippen LogP contribution is 2.48. The maximum Gasteiger partial charge on any atom is 0.410 e. The Labute approximate surface area is 288 Å². The first kappa shape index (κ1) is 33.7. The summed E-state index contributed by atoms with van der Waals surface area (Å²) in [5.74, 6) is 1.18. The van der Waals surface area contributed by atoms with E-state index in [1.165, 1.54) is 23.5 Å². The third-order valence-electron chi connectivity index (χ3n) is 8.71. The summed E-state index contributed by atoms with van der Waals surface area (Å²) in [6, 6.07) is 25.1. The number of nitrogens with zero attached hydrogens (tertiary/aromatic N) is 4. The maximum absolute atomic E-state index is 13.4. The average Bonchev–Trinajstić information content (AvgIpc) is 3.57. The summed E-state index contributed by atoms with van der Waals surface area (Å²) >= 11 is 1.37. The SMILES string of the molecule is CC(C)(C)C1C(Oc2ccccc2)N(c2nc(C(=O)NC3CCN(C(=O)OCc4ccc([N+](=O)[O-])cc4)CC3)cs2)C1Oc1ccccc1. The topological polar surface area (TPSA) is 136 Å². The molecule has 3 heterocycles. The maximum atomic E-state index is 13.4. The second kappa shape index (κ2) is 14.5. The lowest BCUT2D eigenvalue weighted by molar-refractivity contribution is -0.384. The van der Waals surface area contributed by atoms with E-state index in [0.717, 1.165) is 11.5 Å². The van der Waals surface area contributed by atoms with Crippen molar-refractivity contribution in [3.05, 3.63) is 112 Å². The van der Waals surface area contributed by atoms with Crippen LogP contribution in [-0.2, 0) is 11.3 Å². The molecule has 0 radical (unpaired) electrons. The van der Waals surface area contributed by atoms with Crippen LogP contribution in [0, 0.1) is 21.4 Å². The number of hydrogen-bond donors (Lipinski definition) is 1. The van der Waals surface area contributed by atoms with Gasteiger partial charge in [0.1, 0.15) is 23.8 Å². The Hall–Kier alpha value is -5.17. The summed E-state index contributed by atoms with van der Waals surface area (Å²) in [7, 11) is 0. The number of aromatic nitrogens is 1. The average molecular weight is 686 g/mol. The number of nitro benzene ring substituents is 1. The van der Waals surface area contributed by atoms with Gasteiger partial charge in [-0.15, -0.1) is 11.3 Å². The smallest absolute Gasteiger partial charge is 0.410 e. The van der Waals surface area contributed by atoms with Crippen LogP contribution in [0.1, 0.15) is 49.7 Å². The Bertz CT molecular complexity index is 1690. The van der Waals surface area contributed by atoms with Gasteiger partial charge in [-0.1, -0.05) is 57.2 Å². The predicted molar refractivity (Wildman–Crippen MR) is 185 cm³/mol. The number of nitrogens with one attached hydrogen (secondary N) is 1. The van der Waals surface area contributed by atoms with E-state index in [1.807, 2.05) is 65.6 Å². The third kappa shape index (κ3) is 7.94. The molecule has 6 rings (SSSR count). The van der Waals surface area contributed by atoms with Gasteiger partial charge in [-0.05, 0) is 60.2 Å². The highest BCUT2D eigenvalue weighted by molar-refractivity contribution is 7.14. The number of thiazole rings is 1. The Kier molecular flexibility index (Phi) is 10.00. The molecule has 1 N–H and O–H groups in total. The molecule has 2 fully saturated rings. The fraction of sp³-hybridized carbons (Fsp3) is 0.361. The van der Waals surface area contributed by atoms with Gasteiger partial charge in [0.25, 0.3) is 11.6 Å². The van der Waals surface area contributed by atoms with E-state index >= 15 is 0 Å². The van der Waals surface area contributed by atoms with Crippen LogP contribution in [0.5, 0.6) is 11.5 Å². The number of benzene rings is 3. The number of likely N-dealkylation sites (tertiary alicyclic amines) is 1. The number of hydrogen-bond acceptors (Lipinski definition) is 10. The van der Waals surface area contributed by atoms with Crippen LogP contribution in [0.2, 0.25) is 0 Å². The predicted octanol–water partition coefficient (Wildman–Crippen LogP) is 6.87. The van der Waals surface area contributed by atoms with Gasteiger partial charge in [-0.25, -0.2) is 9.78 Å². The minimum Gasteiger partial charge on any atom is -0.470 e. The molecule has 1 aromatic heterocycles. The lowest BCUT2D eigenvalue weighted by Gasteiger charge is -2.57. The number of rotatable bonds is 10. The summed E-state index contributed by atoms with van der Waals surface area (Å²) in [6.45, 7) is 7.37. The molecule has 12 nitrogen and oxygen atoms in total. The molecule has 2 atom stereocenters. The number of non-ortho nitro benzene ring substituents is 1. The zero-order chi connectivity index (χ0) is 34.5. The van der Waals surface area contributed by atoms with Crippen molar-refractivity contribution in [1.29, 1.82) is 0 Å². The van der Waals surface area contributed by atoms with E-state index in [1.54, 1.807) is 22.4 Å². The number of nitro groups is 1. The fourth-order valence-corrected chi connectivity index (χ4v) is 6.90. The quantitative estimate of drug-likeness (QED) is 0.140. The second-order valence-corrected chi connectivity index (χ2v) is 14.0. The monoisotopic (exact) mass is 685 g/mol. The number of carbonyl (C=O) groups is 2. The Balaban J connectivity index is 1.08. The van der Waals surface area contributed by atoms with E-state index in [9.17, 15) is 19.7 Å². The zero-order valence-corrected chi connectivity index (χ0v) is 28.4. The summed E-state index contributed by atoms with van der Waals surface area (Å²) in [5.41, 5.74) is 0.775. The molecule has 0 bridgehead atoms. The van der Waals surface area contributed by atoms with Crippen LogP contribution in [0.4, 0.5) is 15.6 Å². The first-order valence-electron chi connectivity index (χ1n) is 16.2. The first-order chi connectivity index (χ1) is 23.6. The molecule has 0 aliphatic carbocycles. The third-order valence-corrected chi connectivity index (χ3v) is 9.56. The summed E-state index contributed by atoms with van der Waals surface area (Å²) in [5, 5.41) is 16.3. The van der Waals surface area contributed by atoms with Crippen molar-refractivity contribution in [3.8, 4) is 11.5 Å². The molecule has 49 heavy (non-hydrogen) atoms. The summed E-state index contributed by atoms with van der Waals surface area (Å²) < 4.78 is 18.5. The Morgan fingerprint density at radius 1 is 0.918 bits per heavy atom. The van der Waals surface area contributed by atoms with E-state index in [4.69, 9.17) is 19.2 Å². The highest BCUT2D eigenvalue weighted by atomic mass is 32.1. The van der Waals surface area contributed by atoms with Gasteiger partial charge >= 0.3 is 6.09 Å². The number of amides is 2. The molecule has 2 aliphatic heterocycles. The number of carbonyl (C=O) groups excluding carboxylic acids is 2. The number of ether oxygens (including phenoxy) is 3. The van der Waals surface area contributed by atoms with Crippen molar-refractivity contribution in [3.63, 3.8) is 0 Å². The van der Waals surface area contributed by atoms with Gasteiger partial charge < -0.3 is 24.4 Å². The van der Waals surface area contributed by atoms with Crippen LogP contribution in [0.15, 0.2) is 90.3 Å². The summed E-state index contributed by atoms with van der Waals surface area (Å²) in [6.07, 6.45) is -0.0797. The zero-order valence-electron chi connectivity index (χ0n) is 27.6. The standard InChI is InChI=1S/C36H39N5O7S/c1-36(2,3)30-32(47-27-10-6-4-7-11-27)40(33(30)48-28-12-8-5-9-13-28)34-38-29(23-49-34)31(42)37-25-18-20-39(21-19-25)35(43)46-22-24-14-16-26(17-15-24)41(44)45/h4-17,23,25,30,32-33H,18-22H2,1-3H3,(H,37,42). The van der Waals surface area contributed by atoms with Crippen molar-refractivity contribution in [2.75, 3.05) is 18.0 Å². The van der Waals surface area contributed by atoms with E-state index in [-0.39, 0.29) is 48.0 Å². The lowest BCUT2D eigenvalue weighted by atomic mass is 9.73. The fourth-order valence-electron chi connectivity index (χ4n) is 6.04. The van der Waals surface area contributed by atoms with E-state index in [0.29, 0.717) is 42.3 Å². The van der Waals surface area contributed by atoms with Gasteiger partial charge in [0.2, 0.25) is 0 Å². The van der Waals surface area contributed by atoms with E-state index < -0.39 is 11.0 Å². The van der Waals surface area contributed by atoms with Crippen LogP contribution in [-0.4, -0.2) is 58.4 Å². The molecule has 2 amide bonds. The van der Waals surface area contributed by atoms with Gasteiger partial charge in [-0.3, -0.25) is 19.8 Å². The normalized spacial score (nSPS) is 19.4. The van der Waals surface area contributed by atoms with Crippen LogP contribution >= 0.6 is 11.3 Å². The van der Waals surface area contributed by atoms with Crippen molar-refractivity contribution < 1.29 is 28.7 Å². The first-order valence-corrected chi connectivity index (χ1v) is 17.1. The van der Waals surface area contributed by atoms with Crippen LogP contribution in [0.25, 0.3) is 0 Å². The van der Waals surface area contributed by atoms with Crippen molar-refractivity contribution >= 4 is 34.2 Å². The molecule has 2 saturated heterocycles. The minimum absolute atomic E-state index is 0.0138. The largest absolute Gasteiger partial charge is 0.470 e. The molecular weight excluding hydrogens is 646 g/mol. The lowest BCUT2D eigenvalue weighted by Crippen LogP contribution is -2.72. The van der Waals surface area contributed by atoms with Crippen molar-refractivity contribution in [2.45, 2.75) is 58.7 Å². The molecule has 0 saturated carbocycles. The summed E-state index contributed by atoms with van der Waals surface area (Å²) in [4.78, 5) is 44.8. The molecule has 0 spiro atoms. The molecule has 3 aromatic carbocycles. The van der Waals surface area contributed by atoms with Gasteiger partial charge in [-0.2, -0.15) is 0 Å². The molecule has 2 aliphatic rings. The van der Waals surface area contributed by atoms with Crippen molar-refractivity contribution in [2.24, 2.45) is 11.3 Å². The van der Waals surface area contributed by atoms with Crippen LogP contribution < -0.4 is 19.7 Å². The molecule has 13 heteroatoms. The number of anilines is 1. The van der Waals surface area contributed by atoms with Crippen molar-refractivity contribution in [1.82, 2.24) is 15.2 Å². The minimum atomic E-state index is -0.477. The molecular formula is C36H39N5O7S. The van der Waals surface area contributed by atoms with Gasteiger partial charge in [0.05, 0.1) is 10.8 Å². The molecule has 2 unspecified atom stereocenters. The van der Waals surface area contributed by atoms with Gasteiger partial charge in [0.15, 0.2) is 17.6 Å². The Morgan fingerprint density at radius 3 is 2.02 bits per heavy atom. The van der Waals surface area contributed by atoms with Crippen LogP contribution in [0.3, 0.4) is 0 Å².